The minimum Gasteiger partial charge on any atom is -0.247 e. The van der Waals surface area contributed by atoms with Gasteiger partial charge in [-0.1, -0.05) is 6.07 Å². The number of aryl methyl sites for hydroxylation is 2. The van der Waals surface area contributed by atoms with Crippen LogP contribution in [0.15, 0.2) is 60.8 Å². The summed E-state index contributed by atoms with van der Waals surface area (Å²) in [6.45, 7) is 3.35. The Kier molecular flexibility index (Phi) is 5.37. The van der Waals surface area contributed by atoms with E-state index in [1.807, 2.05) is 0 Å². The molecule has 0 atom stereocenters. The predicted molar refractivity (Wildman–Crippen MR) is 108 cm³/mol. The molecule has 0 aliphatic rings. The second-order valence-electron chi connectivity index (χ2n) is 6.43. The van der Waals surface area contributed by atoms with Crippen LogP contribution >= 0.6 is 0 Å². The first kappa shape index (κ1) is 20.3. The van der Waals surface area contributed by atoms with Crippen LogP contribution in [-0.4, -0.2) is 25.9 Å². The maximum absolute atomic E-state index is 13.2. The van der Waals surface area contributed by atoms with Crippen LogP contribution in [-0.2, 0) is 16.6 Å². The van der Waals surface area contributed by atoms with E-state index in [0.29, 0.717) is 16.8 Å². The molecule has 0 saturated carbocycles. The van der Waals surface area contributed by atoms with Crippen molar-refractivity contribution >= 4 is 23.5 Å². The van der Waals surface area contributed by atoms with Crippen molar-refractivity contribution in [1.82, 2.24) is 13.7 Å². The van der Waals surface area contributed by atoms with Gasteiger partial charge in [0.15, 0.2) is 0 Å². The lowest BCUT2D eigenvalue weighted by molar-refractivity contribution is 0.564. The smallest absolute Gasteiger partial charge is 0.247 e. The van der Waals surface area contributed by atoms with E-state index in [-0.39, 0.29) is 17.1 Å². The number of isocyanates is 2. The molecule has 10 nitrogen and oxygen atoms in total. The van der Waals surface area contributed by atoms with Crippen molar-refractivity contribution in [2.24, 2.45) is 17.0 Å². The van der Waals surface area contributed by atoms with Gasteiger partial charge in [-0.05, 0) is 55.3 Å². The van der Waals surface area contributed by atoms with Crippen LogP contribution in [0.1, 0.15) is 11.1 Å². The molecule has 150 valence electrons. The molecule has 0 saturated heterocycles. The van der Waals surface area contributed by atoms with Crippen LogP contribution < -0.4 is 17.1 Å². The van der Waals surface area contributed by atoms with Gasteiger partial charge in [-0.2, -0.15) is 9.98 Å². The molecule has 30 heavy (non-hydrogen) atoms. The summed E-state index contributed by atoms with van der Waals surface area (Å²) in [5.41, 5.74) is -0.539. The third-order valence-corrected chi connectivity index (χ3v) is 4.56. The van der Waals surface area contributed by atoms with Gasteiger partial charge in [-0.3, -0.25) is 0 Å². The highest BCUT2D eigenvalue weighted by Gasteiger charge is 2.17. The van der Waals surface area contributed by atoms with Crippen LogP contribution in [0.4, 0.5) is 11.4 Å². The average molecular weight is 405 g/mol. The van der Waals surface area contributed by atoms with Gasteiger partial charge in [0.25, 0.3) is 0 Å². The summed E-state index contributed by atoms with van der Waals surface area (Å²) in [6, 6.07) is 8.85. The third-order valence-electron chi connectivity index (χ3n) is 4.56. The average Bonchev–Trinajstić information content (AvgIpc) is 2.71. The summed E-state index contributed by atoms with van der Waals surface area (Å²) in [5.74, 6) is 0. The highest BCUT2D eigenvalue weighted by atomic mass is 16.2. The molecule has 1 heterocycles. The van der Waals surface area contributed by atoms with E-state index in [9.17, 15) is 24.0 Å². The quantitative estimate of drug-likeness (QED) is 0.477. The molecular formula is C20H15N5O5. The number of aromatic nitrogens is 3. The van der Waals surface area contributed by atoms with E-state index in [1.165, 1.54) is 49.5 Å². The molecular weight excluding hydrogens is 390 g/mol. The van der Waals surface area contributed by atoms with Crippen molar-refractivity contribution in [1.29, 1.82) is 0 Å². The van der Waals surface area contributed by atoms with Gasteiger partial charge in [0.2, 0.25) is 12.2 Å². The molecule has 10 heteroatoms. The standard InChI is InChI=1S/C20H15N5O5/c1-12-4-5-15(9-17(12)22-11-27)25-19(29)23(3)18(28)24(20(25)30)14-6-7-16(21-10-26)13(2)8-14/h4-9H,1-3H3. The van der Waals surface area contributed by atoms with Gasteiger partial charge in [0.05, 0.1) is 22.7 Å². The minimum atomic E-state index is -0.904. The second-order valence-corrected chi connectivity index (χ2v) is 6.43. The van der Waals surface area contributed by atoms with Crippen molar-refractivity contribution in [3.8, 4) is 11.4 Å². The molecule has 0 aliphatic carbocycles. The zero-order valence-electron chi connectivity index (χ0n) is 16.2. The van der Waals surface area contributed by atoms with E-state index in [0.717, 1.165) is 13.7 Å². The lowest BCUT2D eigenvalue weighted by atomic mass is 10.2. The molecule has 3 aromatic rings. The molecule has 0 radical (unpaired) electrons. The Morgan fingerprint density at radius 1 is 0.700 bits per heavy atom. The number of aliphatic imine (C=N–C) groups is 2. The maximum Gasteiger partial charge on any atom is 0.345 e. The van der Waals surface area contributed by atoms with E-state index < -0.39 is 17.1 Å². The summed E-state index contributed by atoms with van der Waals surface area (Å²) in [6.07, 6.45) is 2.86. The minimum absolute atomic E-state index is 0.132. The Labute approximate surface area is 168 Å². The largest absolute Gasteiger partial charge is 0.345 e. The third kappa shape index (κ3) is 3.40. The molecule has 0 bridgehead atoms. The van der Waals surface area contributed by atoms with Crippen LogP contribution in [0.5, 0.6) is 0 Å². The lowest BCUT2D eigenvalue weighted by Crippen LogP contribution is -2.52. The Hall–Kier alpha value is -4.39. The number of benzene rings is 2. The Balaban J connectivity index is 2.37. The highest BCUT2D eigenvalue weighted by Crippen LogP contribution is 2.21. The van der Waals surface area contributed by atoms with Gasteiger partial charge in [0.1, 0.15) is 0 Å². The normalized spacial score (nSPS) is 10.2. The summed E-state index contributed by atoms with van der Waals surface area (Å²) in [7, 11) is 1.24. The SMILES string of the molecule is Cc1cc(-n2c(=O)n(C)c(=O)n(-c3ccc(C)c(N=C=O)c3)c2=O)ccc1N=C=O. The van der Waals surface area contributed by atoms with Gasteiger partial charge in [-0.25, -0.2) is 37.7 Å². The van der Waals surface area contributed by atoms with Gasteiger partial charge >= 0.3 is 17.1 Å². The first-order valence-electron chi connectivity index (χ1n) is 8.63. The molecule has 0 amide bonds. The topological polar surface area (TPSA) is 125 Å². The van der Waals surface area contributed by atoms with Crippen molar-refractivity contribution < 1.29 is 9.59 Å². The maximum atomic E-state index is 13.2. The van der Waals surface area contributed by atoms with Crippen molar-refractivity contribution in [3.05, 3.63) is 79.0 Å². The summed E-state index contributed by atoms with van der Waals surface area (Å²) in [4.78, 5) is 66.8. The van der Waals surface area contributed by atoms with Crippen LogP contribution in [0.3, 0.4) is 0 Å². The summed E-state index contributed by atoms with van der Waals surface area (Å²) in [5, 5.41) is 0. The molecule has 0 fully saturated rings. The molecule has 3 rings (SSSR count). The zero-order valence-corrected chi connectivity index (χ0v) is 16.2. The first-order chi connectivity index (χ1) is 14.3. The molecule has 2 aromatic carbocycles. The van der Waals surface area contributed by atoms with Crippen molar-refractivity contribution in [2.45, 2.75) is 13.8 Å². The molecule has 0 unspecified atom stereocenters. The Morgan fingerprint density at radius 3 is 1.80 bits per heavy atom. The molecule has 0 spiro atoms. The van der Waals surface area contributed by atoms with Gasteiger partial charge in [-0.15, -0.1) is 0 Å². The monoisotopic (exact) mass is 405 g/mol. The van der Waals surface area contributed by atoms with Gasteiger partial charge < -0.3 is 0 Å². The second kappa shape index (κ2) is 7.92. The Bertz CT molecular complexity index is 1450. The van der Waals surface area contributed by atoms with Crippen LogP contribution in [0.25, 0.3) is 11.4 Å². The van der Waals surface area contributed by atoms with E-state index >= 15 is 0 Å². The number of rotatable bonds is 4. The van der Waals surface area contributed by atoms with Crippen molar-refractivity contribution in [3.63, 3.8) is 0 Å². The summed E-state index contributed by atoms with van der Waals surface area (Å²) < 4.78 is 2.42. The molecule has 1 aromatic heterocycles. The van der Waals surface area contributed by atoms with Crippen LogP contribution in [0.2, 0.25) is 0 Å². The fraction of sp³-hybridized carbons (Fsp3) is 0.150. The van der Waals surface area contributed by atoms with E-state index in [4.69, 9.17) is 0 Å². The highest BCUT2D eigenvalue weighted by molar-refractivity contribution is 5.58. The van der Waals surface area contributed by atoms with Crippen molar-refractivity contribution in [2.75, 3.05) is 0 Å². The van der Waals surface area contributed by atoms with Gasteiger partial charge in [0, 0.05) is 7.05 Å². The lowest BCUT2D eigenvalue weighted by Gasteiger charge is -2.13. The van der Waals surface area contributed by atoms with E-state index in [2.05, 4.69) is 9.98 Å². The van der Waals surface area contributed by atoms with E-state index in [1.54, 1.807) is 19.9 Å². The predicted octanol–water partition coefficient (Wildman–Crippen LogP) is 1.24. The number of hydrogen-bond acceptors (Lipinski definition) is 7. The number of hydrogen-bond donors (Lipinski definition) is 0. The molecule has 0 aliphatic heterocycles. The molecule has 0 N–H and O–H groups in total. The first-order valence-corrected chi connectivity index (χ1v) is 8.63. The fourth-order valence-electron chi connectivity index (χ4n) is 2.95. The number of carbonyl (C=O) groups excluding carboxylic acids is 2. The fourth-order valence-corrected chi connectivity index (χ4v) is 2.95. The summed E-state index contributed by atoms with van der Waals surface area (Å²) >= 11 is 0. The van der Waals surface area contributed by atoms with Crippen LogP contribution in [0, 0.1) is 13.8 Å². The zero-order chi connectivity index (χ0) is 22.0. The Morgan fingerprint density at radius 2 is 1.23 bits per heavy atom. The number of nitrogens with zero attached hydrogens (tertiary/aromatic N) is 5.